The molecule has 0 aliphatic rings. The molecule has 1 aromatic carbocycles. The second-order valence-electron chi connectivity index (χ2n) is 6.80. The summed E-state index contributed by atoms with van der Waals surface area (Å²) in [7, 11) is 0. The maximum absolute atomic E-state index is 12.5. The molecule has 28 heavy (non-hydrogen) atoms. The summed E-state index contributed by atoms with van der Waals surface area (Å²) < 4.78 is 18.3. The van der Waals surface area contributed by atoms with E-state index in [4.69, 9.17) is 24.6 Å². The van der Waals surface area contributed by atoms with Gasteiger partial charge in [0.25, 0.3) is 0 Å². The number of aliphatic hydroxyl groups is 1. The second kappa shape index (κ2) is 13.9. The molecule has 0 aliphatic carbocycles. The fourth-order valence-electron chi connectivity index (χ4n) is 2.09. The largest absolute Gasteiger partial charge is 0.456 e. The fraction of sp³-hybridized carbons (Fsp3) is 0.632. The summed E-state index contributed by atoms with van der Waals surface area (Å²) in [4.78, 5) is 17.3. The van der Waals surface area contributed by atoms with E-state index in [2.05, 4.69) is 4.89 Å². The van der Waals surface area contributed by atoms with E-state index < -0.39 is 5.60 Å². The van der Waals surface area contributed by atoms with E-state index in [9.17, 15) is 4.79 Å². The number of hydrogen-bond acceptors (Lipinski definition) is 9. The molecule has 0 spiro atoms. The Hall–Kier alpha value is -1.20. The monoisotopic (exact) mass is 417 g/mol. The van der Waals surface area contributed by atoms with Crippen molar-refractivity contribution >= 4 is 17.9 Å². The molecular weight excluding hydrogens is 386 g/mol. The summed E-state index contributed by atoms with van der Waals surface area (Å²) in [6.45, 7) is 8.13. The Morgan fingerprint density at radius 1 is 1.04 bits per heavy atom. The van der Waals surface area contributed by atoms with Gasteiger partial charge in [-0.15, -0.1) is 0 Å². The Labute approximate surface area is 170 Å². The molecule has 0 heterocycles. The number of carbonyl (C=O) groups excluding carboxylic acids is 1. The van der Waals surface area contributed by atoms with Crippen LogP contribution >= 0.6 is 11.9 Å². The van der Waals surface area contributed by atoms with Gasteiger partial charge in [-0.1, -0.05) is 12.1 Å². The summed E-state index contributed by atoms with van der Waals surface area (Å²) >= 11 is 1.42. The molecule has 0 aromatic heterocycles. The molecule has 0 bridgehead atoms. The molecule has 0 unspecified atom stereocenters. The predicted octanol–water partition coefficient (Wildman–Crippen LogP) is 2.47. The minimum Gasteiger partial charge on any atom is -0.456 e. The van der Waals surface area contributed by atoms with E-state index in [0.717, 1.165) is 4.90 Å². The molecule has 8 nitrogen and oxygen atoms in total. The lowest BCUT2D eigenvalue weighted by atomic mass is 10.1. The topological polar surface area (TPSA) is 97.7 Å². The van der Waals surface area contributed by atoms with Crippen LogP contribution < -0.4 is 0 Å². The van der Waals surface area contributed by atoms with Crippen LogP contribution in [0.25, 0.3) is 0 Å². The van der Waals surface area contributed by atoms with Crippen LogP contribution in [0.2, 0.25) is 0 Å². The number of nitrogens with zero attached hydrogens (tertiary/aromatic N) is 1. The molecule has 0 radical (unpaired) electrons. The van der Waals surface area contributed by atoms with Crippen molar-refractivity contribution in [1.82, 2.24) is 4.31 Å². The minimum absolute atomic E-state index is 0.0289. The summed E-state index contributed by atoms with van der Waals surface area (Å²) in [5.41, 5.74) is -0.0757. The number of hydrogen-bond donors (Lipinski definition) is 2. The van der Waals surface area contributed by atoms with E-state index in [0.29, 0.717) is 31.9 Å². The molecule has 1 aromatic rings. The first-order valence-corrected chi connectivity index (χ1v) is 9.92. The van der Waals surface area contributed by atoms with Crippen LogP contribution in [0.15, 0.2) is 29.2 Å². The predicted molar refractivity (Wildman–Crippen MR) is 106 cm³/mol. The van der Waals surface area contributed by atoms with Gasteiger partial charge in [0.2, 0.25) is 0 Å². The van der Waals surface area contributed by atoms with Crippen molar-refractivity contribution < 1.29 is 34.3 Å². The minimum atomic E-state index is -0.574. The zero-order valence-corrected chi connectivity index (χ0v) is 17.6. The summed E-state index contributed by atoms with van der Waals surface area (Å²) in [5, 5.41) is 17.2. The standard InChI is InChI=1S/C19H31NO7S/c1-19(2,3)27-18(22)16-6-4-5-7-17(16)28-20(8-11-24-13-10-21)9-12-25-14-15-26-23/h4-7,21,23H,8-15H2,1-3H3. The number of rotatable bonds is 14. The van der Waals surface area contributed by atoms with Gasteiger partial charge in [0.15, 0.2) is 0 Å². The van der Waals surface area contributed by atoms with Crippen molar-refractivity contribution in [2.45, 2.75) is 31.3 Å². The summed E-state index contributed by atoms with van der Waals surface area (Å²) in [5.74, 6) is -0.372. The Morgan fingerprint density at radius 3 is 2.29 bits per heavy atom. The third-order valence-corrected chi connectivity index (χ3v) is 4.43. The van der Waals surface area contributed by atoms with Gasteiger partial charge in [-0.25, -0.2) is 14.0 Å². The van der Waals surface area contributed by atoms with Crippen LogP contribution in [0, 0.1) is 0 Å². The van der Waals surface area contributed by atoms with E-state index in [1.807, 2.05) is 37.2 Å². The number of ether oxygens (including phenoxy) is 3. The van der Waals surface area contributed by atoms with Gasteiger partial charge in [-0.3, -0.25) is 5.26 Å². The molecule has 160 valence electrons. The van der Waals surface area contributed by atoms with Crippen molar-refractivity contribution in [3.05, 3.63) is 29.8 Å². The molecule has 0 saturated heterocycles. The Kier molecular flexibility index (Phi) is 12.3. The van der Waals surface area contributed by atoms with Crippen molar-refractivity contribution in [2.75, 3.05) is 52.7 Å². The third-order valence-electron chi connectivity index (χ3n) is 3.26. The molecule has 0 amide bonds. The van der Waals surface area contributed by atoms with Gasteiger partial charge in [0.05, 0.1) is 38.6 Å². The first kappa shape index (κ1) is 24.8. The highest BCUT2D eigenvalue weighted by molar-refractivity contribution is 7.97. The number of carbonyl (C=O) groups is 1. The quantitative estimate of drug-likeness (QED) is 0.155. The average Bonchev–Trinajstić information content (AvgIpc) is 2.63. The second-order valence-corrected chi connectivity index (χ2v) is 7.94. The number of esters is 1. The van der Waals surface area contributed by atoms with Crippen LogP contribution in [0.3, 0.4) is 0 Å². The molecule has 9 heteroatoms. The van der Waals surface area contributed by atoms with Gasteiger partial charge in [0, 0.05) is 18.0 Å². The van der Waals surface area contributed by atoms with E-state index in [-0.39, 0.29) is 32.4 Å². The highest BCUT2D eigenvalue weighted by atomic mass is 32.2. The van der Waals surface area contributed by atoms with Crippen LogP contribution in [-0.4, -0.2) is 79.0 Å². The van der Waals surface area contributed by atoms with E-state index in [1.165, 1.54) is 11.9 Å². The number of aliphatic hydroxyl groups excluding tert-OH is 1. The Morgan fingerprint density at radius 2 is 1.68 bits per heavy atom. The van der Waals surface area contributed by atoms with Gasteiger partial charge < -0.3 is 19.3 Å². The molecule has 0 aliphatic heterocycles. The highest BCUT2D eigenvalue weighted by Crippen LogP contribution is 2.27. The normalized spacial score (nSPS) is 11.8. The van der Waals surface area contributed by atoms with Crippen LogP contribution in [-0.2, 0) is 19.1 Å². The zero-order valence-electron chi connectivity index (χ0n) is 16.8. The third kappa shape index (κ3) is 11.0. The summed E-state index contributed by atoms with van der Waals surface area (Å²) in [6.07, 6.45) is 0. The van der Waals surface area contributed by atoms with Crippen molar-refractivity contribution in [3.63, 3.8) is 0 Å². The van der Waals surface area contributed by atoms with Crippen LogP contribution in [0.4, 0.5) is 0 Å². The first-order valence-electron chi connectivity index (χ1n) is 9.15. The molecule has 0 fully saturated rings. The highest BCUT2D eigenvalue weighted by Gasteiger charge is 2.21. The van der Waals surface area contributed by atoms with Crippen LogP contribution in [0.5, 0.6) is 0 Å². The van der Waals surface area contributed by atoms with Gasteiger partial charge in [-0.2, -0.15) is 0 Å². The Balaban J connectivity index is 2.75. The van der Waals surface area contributed by atoms with Crippen LogP contribution in [0.1, 0.15) is 31.1 Å². The lowest BCUT2D eigenvalue weighted by Gasteiger charge is -2.23. The van der Waals surface area contributed by atoms with Crippen molar-refractivity contribution in [1.29, 1.82) is 0 Å². The van der Waals surface area contributed by atoms with Gasteiger partial charge in [-0.05, 0) is 44.9 Å². The lowest BCUT2D eigenvalue weighted by Crippen LogP contribution is -2.27. The van der Waals surface area contributed by atoms with Crippen molar-refractivity contribution in [2.24, 2.45) is 0 Å². The van der Waals surface area contributed by atoms with Crippen molar-refractivity contribution in [3.8, 4) is 0 Å². The zero-order chi connectivity index (χ0) is 20.8. The molecule has 2 N–H and O–H groups in total. The molecule has 0 atom stereocenters. The molecule has 0 saturated carbocycles. The average molecular weight is 418 g/mol. The Bertz CT molecular complexity index is 565. The summed E-state index contributed by atoms with van der Waals surface area (Å²) in [6, 6.07) is 7.28. The lowest BCUT2D eigenvalue weighted by molar-refractivity contribution is -0.249. The SMILES string of the molecule is CC(C)(C)OC(=O)c1ccccc1SN(CCOCCO)CCOCCOO. The van der Waals surface area contributed by atoms with E-state index in [1.54, 1.807) is 12.1 Å². The smallest absolute Gasteiger partial charge is 0.339 e. The maximum atomic E-state index is 12.5. The maximum Gasteiger partial charge on any atom is 0.339 e. The van der Waals surface area contributed by atoms with Gasteiger partial charge >= 0.3 is 5.97 Å². The number of benzene rings is 1. The first-order chi connectivity index (χ1) is 13.4. The van der Waals surface area contributed by atoms with E-state index >= 15 is 0 Å². The molecular formula is C19H31NO7S. The fourth-order valence-corrected chi connectivity index (χ4v) is 3.09. The molecule has 1 rings (SSSR count). The van der Waals surface area contributed by atoms with Gasteiger partial charge in [0.1, 0.15) is 12.2 Å².